The van der Waals surface area contributed by atoms with Gasteiger partial charge >= 0.3 is 5.97 Å². The fraction of sp³-hybridized carbons (Fsp3) is 0.400. The first-order valence-electron chi connectivity index (χ1n) is 2.30. The van der Waals surface area contributed by atoms with E-state index in [-0.39, 0.29) is 5.76 Å². The van der Waals surface area contributed by atoms with Gasteiger partial charge in [0.1, 0.15) is 5.76 Å². The van der Waals surface area contributed by atoms with Crippen molar-refractivity contribution in [3.63, 3.8) is 0 Å². The molecule has 0 aromatic heterocycles. The predicted octanol–water partition coefficient (Wildman–Crippen LogP) is -0.442. The molecule has 0 amide bonds. The molecule has 0 aliphatic rings. The van der Waals surface area contributed by atoms with Crippen LogP contribution in [0.25, 0.3) is 0 Å². The van der Waals surface area contributed by atoms with Gasteiger partial charge in [-0.05, 0) is 0 Å². The average molecular weight is 131 g/mol. The van der Waals surface area contributed by atoms with Crippen LogP contribution in [0.2, 0.25) is 0 Å². The molecule has 0 saturated heterocycles. The Bertz CT molecular complexity index is 132. The third-order valence-corrected chi connectivity index (χ3v) is 0.875. The zero-order valence-electron chi connectivity index (χ0n) is 5.13. The molecular weight excluding hydrogens is 122 g/mol. The van der Waals surface area contributed by atoms with Gasteiger partial charge in [0.2, 0.25) is 0 Å². The van der Waals surface area contributed by atoms with Crippen molar-refractivity contribution < 1.29 is 14.6 Å². The Morgan fingerprint density at radius 1 is 1.89 bits per heavy atom. The minimum atomic E-state index is -1.14. The molecule has 0 fully saturated rings. The molecule has 52 valence electrons. The van der Waals surface area contributed by atoms with Crippen LogP contribution in [0.1, 0.15) is 0 Å². The van der Waals surface area contributed by atoms with Crippen LogP contribution < -0.4 is 5.73 Å². The maximum atomic E-state index is 10.0. The van der Waals surface area contributed by atoms with Crippen molar-refractivity contribution >= 4 is 5.97 Å². The topological polar surface area (TPSA) is 72.5 Å². The summed E-state index contributed by atoms with van der Waals surface area (Å²) in [6.45, 7) is 3.27. The van der Waals surface area contributed by atoms with Gasteiger partial charge in [0.25, 0.3) is 0 Å². The van der Waals surface area contributed by atoms with Gasteiger partial charge in [-0.25, -0.2) is 0 Å². The summed E-state index contributed by atoms with van der Waals surface area (Å²) in [5, 5.41) is 8.22. The molecule has 4 nitrogen and oxygen atoms in total. The number of hydrogen-bond acceptors (Lipinski definition) is 3. The van der Waals surface area contributed by atoms with Crippen LogP contribution in [-0.4, -0.2) is 24.2 Å². The van der Waals surface area contributed by atoms with Gasteiger partial charge in [0.05, 0.1) is 7.11 Å². The summed E-state index contributed by atoms with van der Waals surface area (Å²) < 4.78 is 4.47. The lowest BCUT2D eigenvalue weighted by atomic mass is 10.3. The summed E-state index contributed by atoms with van der Waals surface area (Å²) in [5.74, 6) is -1.08. The van der Waals surface area contributed by atoms with E-state index in [1.54, 1.807) is 0 Å². The Morgan fingerprint density at radius 2 is 2.33 bits per heavy atom. The normalized spacial score (nSPS) is 12.2. The van der Waals surface area contributed by atoms with Crippen molar-refractivity contribution in [2.75, 3.05) is 7.11 Å². The first-order valence-corrected chi connectivity index (χ1v) is 2.30. The van der Waals surface area contributed by atoms with E-state index in [1.165, 1.54) is 7.11 Å². The summed E-state index contributed by atoms with van der Waals surface area (Å²) in [4.78, 5) is 10.0. The molecule has 0 aliphatic heterocycles. The molecule has 0 radical (unpaired) electrons. The predicted molar refractivity (Wildman–Crippen MR) is 31.8 cm³/mol. The standard InChI is InChI=1S/C5H9NO3/c1-3(9-2)4(6)5(7)8/h4H,1,6H2,2H3,(H,7,8). The zero-order chi connectivity index (χ0) is 7.44. The molecule has 0 aliphatic carbocycles. The van der Waals surface area contributed by atoms with Crippen LogP contribution in [0.3, 0.4) is 0 Å². The Hall–Kier alpha value is -1.03. The molecule has 0 aromatic rings. The van der Waals surface area contributed by atoms with E-state index in [4.69, 9.17) is 10.8 Å². The Morgan fingerprint density at radius 3 is 2.44 bits per heavy atom. The van der Waals surface area contributed by atoms with E-state index in [1.807, 2.05) is 0 Å². The van der Waals surface area contributed by atoms with Gasteiger partial charge in [-0.3, -0.25) is 4.79 Å². The summed E-state index contributed by atoms with van der Waals surface area (Å²) in [5.41, 5.74) is 5.05. The van der Waals surface area contributed by atoms with Crippen molar-refractivity contribution in [2.45, 2.75) is 6.04 Å². The van der Waals surface area contributed by atoms with Gasteiger partial charge in [-0.15, -0.1) is 0 Å². The smallest absolute Gasteiger partial charge is 0.328 e. The van der Waals surface area contributed by atoms with Crippen LogP contribution in [-0.2, 0) is 9.53 Å². The third kappa shape index (κ3) is 2.14. The molecular formula is C5H9NO3. The second kappa shape index (κ2) is 3.09. The van der Waals surface area contributed by atoms with Gasteiger partial charge in [-0.1, -0.05) is 6.58 Å². The van der Waals surface area contributed by atoms with E-state index < -0.39 is 12.0 Å². The van der Waals surface area contributed by atoms with Crippen molar-refractivity contribution in [3.05, 3.63) is 12.3 Å². The second-order valence-electron chi connectivity index (χ2n) is 1.49. The molecule has 3 N–H and O–H groups in total. The van der Waals surface area contributed by atoms with Crippen molar-refractivity contribution in [2.24, 2.45) is 5.73 Å². The summed E-state index contributed by atoms with van der Waals surface area (Å²) in [6, 6.07) is -1.12. The molecule has 0 bridgehead atoms. The van der Waals surface area contributed by atoms with Crippen LogP contribution in [0.15, 0.2) is 12.3 Å². The highest BCUT2D eigenvalue weighted by Gasteiger charge is 2.14. The quantitative estimate of drug-likeness (QED) is 0.509. The fourth-order valence-electron chi connectivity index (χ4n) is 0.265. The maximum Gasteiger partial charge on any atom is 0.328 e. The number of ether oxygens (including phenoxy) is 1. The van der Waals surface area contributed by atoms with Gasteiger partial charge in [-0.2, -0.15) is 0 Å². The number of rotatable bonds is 3. The second-order valence-corrected chi connectivity index (χ2v) is 1.49. The molecule has 1 unspecified atom stereocenters. The third-order valence-electron chi connectivity index (χ3n) is 0.875. The van der Waals surface area contributed by atoms with Crippen molar-refractivity contribution in [1.82, 2.24) is 0 Å². The Kier molecular flexibility index (Phi) is 2.73. The van der Waals surface area contributed by atoms with Gasteiger partial charge < -0.3 is 15.6 Å². The van der Waals surface area contributed by atoms with E-state index in [9.17, 15) is 4.79 Å². The molecule has 0 spiro atoms. The molecule has 1 atom stereocenters. The molecule has 0 rings (SSSR count). The minimum Gasteiger partial charge on any atom is -0.499 e. The number of nitrogens with two attached hydrogens (primary N) is 1. The molecule has 0 aromatic carbocycles. The van der Waals surface area contributed by atoms with Crippen LogP contribution in [0, 0.1) is 0 Å². The zero-order valence-corrected chi connectivity index (χ0v) is 5.13. The first-order chi connectivity index (χ1) is 4.09. The van der Waals surface area contributed by atoms with Crippen molar-refractivity contribution in [3.8, 4) is 0 Å². The number of carboxylic acid groups (broad SMARTS) is 1. The number of carbonyl (C=O) groups is 1. The van der Waals surface area contributed by atoms with Crippen molar-refractivity contribution in [1.29, 1.82) is 0 Å². The monoisotopic (exact) mass is 131 g/mol. The lowest BCUT2D eigenvalue weighted by molar-refractivity contribution is -0.138. The van der Waals surface area contributed by atoms with Crippen LogP contribution >= 0.6 is 0 Å². The highest BCUT2D eigenvalue weighted by molar-refractivity contribution is 5.76. The number of hydrogen-bond donors (Lipinski definition) is 2. The first kappa shape index (κ1) is 7.97. The minimum absolute atomic E-state index is 0.0579. The van der Waals surface area contributed by atoms with E-state index in [0.717, 1.165) is 0 Å². The number of methoxy groups -OCH3 is 1. The largest absolute Gasteiger partial charge is 0.499 e. The van der Waals surface area contributed by atoms with E-state index in [2.05, 4.69) is 11.3 Å². The molecule has 4 heteroatoms. The SMILES string of the molecule is C=C(OC)C(N)C(=O)O. The van der Waals surface area contributed by atoms with E-state index in [0.29, 0.717) is 0 Å². The number of aliphatic carboxylic acids is 1. The molecule has 0 heterocycles. The highest BCUT2D eigenvalue weighted by Crippen LogP contribution is 1.95. The van der Waals surface area contributed by atoms with E-state index >= 15 is 0 Å². The molecule has 0 saturated carbocycles. The maximum absolute atomic E-state index is 10.0. The summed E-state index contributed by atoms with van der Waals surface area (Å²) in [6.07, 6.45) is 0. The Balaban J connectivity index is 3.88. The highest BCUT2D eigenvalue weighted by atomic mass is 16.5. The number of carboxylic acids is 1. The summed E-state index contributed by atoms with van der Waals surface area (Å²) in [7, 11) is 1.32. The van der Waals surface area contributed by atoms with Crippen LogP contribution in [0.4, 0.5) is 0 Å². The lowest BCUT2D eigenvalue weighted by Crippen LogP contribution is -2.32. The van der Waals surface area contributed by atoms with Gasteiger partial charge in [0, 0.05) is 0 Å². The molecule has 9 heavy (non-hydrogen) atoms. The fourth-order valence-corrected chi connectivity index (χ4v) is 0.265. The summed E-state index contributed by atoms with van der Waals surface area (Å²) >= 11 is 0. The average Bonchev–Trinajstić information content (AvgIpc) is 1.84. The Labute approximate surface area is 52.9 Å². The van der Waals surface area contributed by atoms with Crippen LogP contribution in [0.5, 0.6) is 0 Å². The van der Waals surface area contributed by atoms with Gasteiger partial charge in [0.15, 0.2) is 6.04 Å². The lowest BCUT2D eigenvalue weighted by Gasteiger charge is -2.06.